The largest absolute Gasteiger partial charge is 0.417 e. The summed E-state index contributed by atoms with van der Waals surface area (Å²) in [5, 5.41) is 2.06. The molecule has 0 aliphatic rings. The van der Waals surface area contributed by atoms with Crippen LogP contribution in [-0.2, 0) is 11.0 Å². The van der Waals surface area contributed by atoms with Crippen molar-refractivity contribution in [3.05, 3.63) is 28.8 Å². The first kappa shape index (κ1) is 17.8. The van der Waals surface area contributed by atoms with Crippen LogP contribution in [0.1, 0.15) is 25.8 Å². The molecule has 0 bridgehead atoms. The fourth-order valence-electron chi connectivity index (χ4n) is 1.71. The Morgan fingerprint density at radius 2 is 2.05 bits per heavy atom. The molecular formula is C14H18ClF3N2O. The smallest absolute Gasteiger partial charge is 0.325 e. The molecular weight excluding hydrogens is 305 g/mol. The lowest BCUT2D eigenvalue weighted by atomic mass is 10.2. The maximum atomic E-state index is 12.7. The molecule has 0 heterocycles. The van der Waals surface area contributed by atoms with Gasteiger partial charge in [0.05, 0.1) is 17.1 Å². The summed E-state index contributed by atoms with van der Waals surface area (Å²) in [7, 11) is 1.79. The lowest BCUT2D eigenvalue weighted by Gasteiger charge is -2.22. The summed E-state index contributed by atoms with van der Waals surface area (Å²) in [6.07, 6.45) is -3.67. The molecule has 0 radical (unpaired) electrons. The highest BCUT2D eigenvalue weighted by molar-refractivity contribution is 6.31. The molecule has 7 heteroatoms. The summed E-state index contributed by atoms with van der Waals surface area (Å²) in [6.45, 7) is 4.07. The molecule has 1 rings (SSSR count). The summed E-state index contributed by atoms with van der Waals surface area (Å²) < 4.78 is 38.2. The monoisotopic (exact) mass is 322 g/mol. The minimum atomic E-state index is -4.55. The second kappa shape index (κ2) is 7.13. The summed E-state index contributed by atoms with van der Waals surface area (Å²) >= 11 is 5.52. The first-order valence-electron chi connectivity index (χ1n) is 6.52. The van der Waals surface area contributed by atoms with E-state index in [-0.39, 0.29) is 24.2 Å². The second-order valence-corrected chi connectivity index (χ2v) is 5.32. The second-order valence-electron chi connectivity index (χ2n) is 4.91. The molecule has 1 N–H and O–H groups in total. The highest BCUT2D eigenvalue weighted by Gasteiger charge is 2.33. The van der Waals surface area contributed by atoms with Gasteiger partial charge in [0.15, 0.2) is 0 Å². The number of anilines is 1. The molecule has 1 amide bonds. The quantitative estimate of drug-likeness (QED) is 0.887. The number of halogens is 4. The minimum absolute atomic E-state index is 0.0780. The Balaban J connectivity index is 2.78. The summed E-state index contributed by atoms with van der Waals surface area (Å²) in [4.78, 5) is 13.7. The van der Waals surface area contributed by atoms with Gasteiger partial charge in [-0.3, -0.25) is 9.69 Å². The lowest BCUT2D eigenvalue weighted by molar-refractivity contribution is -0.137. The molecule has 0 aliphatic carbocycles. The van der Waals surface area contributed by atoms with E-state index >= 15 is 0 Å². The number of nitrogens with zero attached hydrogens (tertiary/aromatic N) is 1. The Morgan fingerprint density at radius 1 is 1.43 bits per heavy atom. The molecule has 1 atom stereocenters. The van der Waals surface area contributed by atoms with Crippen molar-refractivity contribution in [3.8, 4) is 0 Å². The zero-order valence-corrected chi connectivity index (χ0v) is 12.8. The normalized spacial score (nSPS) is 13.3. The number of hydrogen-bond acceptors (Lipinski definition) is 2. The van der Waals surface area contributed by atoms with Crippen LogP contribution in [0.3, 0.4) is 0 Å². The lowest BCUT2D eigenvalue weighted by Crippen LogP contribution is -2.36. The molecule has 21 heavy (non-hydrogen) atoms. The van der Waals surface area contributed by atoms with E-state index < -0.39 is 16.8 Å². The van der Waals surface area contributed by atoms with Crippen LogP contribution < -0.4 is 5.32 Å². The van der Waals surface area contributed by atoms with Gasteiger partial charge in [-0.15, -0.1) is 0 Å². The topological polar surface area (TPSA) is 32.3 Å². The van der Waals surface area contributed by atoms with Gasteiger partial charge in [0.1, 0.15) is 0 Å². The third-order valence-electron chi connectivity index (χ3n) is 3.29. The van der Waals surface area contributed by atoms with Gasteiger partial charge in [0.25, 0.3) is 0 Å². The highest BCUT2D eigenvalue weighted by atomic mass is 35.5. The van der Waals surface area contributed by atoms with Crippen LogP contribution in [-0.4, -0.2) is 30.4 Å². The van der Waals surface area contributed by atoms with E-state index in [0.29, 0.717) is 0 Å². The van der Waals surface area contributed by atoms with Gasteiger partial charge >= 0.3 is 6.18 Å². The van der Waals surface area contributed by atoms with Crippen LogP contribution in [0.2, 0.25) is 5.02 Å². The highest BCUT2D eigenvalue weighted by Crippen LogP contribution is 2.36. The standard InChI is InChI=1S/C14H18ClF3N2O/c1-4-9(2)20(3)8-13(21)19-10-5-6-12(15)11(7-10)14(16,17)18/h5-7,9H,4,8H2,1-3H3,(H,19,21). The van der Waals surface area contributed by atoms with Gasteiger partial charge in [-0.25, -0.2) is 0 Å². The molecule has 0 fully saturated rings. The van der Waals surface area contributed by atoms with Gasteiger partial charge in [-0.1, -0.05) is 18.5 Å². The zero-order chi connectivity index (χ0) is 16.2. The van der Waals surface area contributed by atoms with Crippen LogP contribution in [0.15, 0.2) is 18.2 Å². The number of rotatable bonds is 5. The molecule has 0 saturated heterocycles. The Bertz CT molecular complexity index is 505. The Labute approximate surface area is 127 Å². The van der Waals surface area contributed by atoms with E-state index in [2.05, 4.69) is 5.32 Å². The number of hydrogen-bond donors (Lipinski definition) is 1. The molecule has 0 spiro atoms. The van der Waals surface area contributed by atoms with E-state index in [9.17, 15) is 18.0 Å². The van der Waals surface area contributed by atoms with Crippen LogP contribution in [0.5, 0.6) is 0 Å². The van der Waals surface area contributed by atoms with Crippen molar-refractivity contribution in [2.45, 2.75) is 32.5 Å². The molecule has 1 aromatic rings. The van der Waals surface area contributed by atoms with Gasteiger partial charge in [0.2, 0.25) is 5.91 Å². The first-order valence-corrected chi connectivity index (χ1v) is 6.89. The van der Waals surface area contributed by atoms with Gasteiger partial charge in [-0.2, -0.15) is 13.2 Å². The first-order chi connectivity index (χ1) is 9.65. The van der Waals surface area contributed by atoms with Crippen molar-refractivity contribution >= 4 is 23.2 Å². The molecule has 3 nitrogen and oxygen atoms in total. The predicted molar refractivity (Wildman–Crippen MR) is 77.5 cm³/mol. The number of likely N-dealkylation sites (N-methyl/N-ethyl adjacent to an activating group) is 1. The molecule has 0 saturated carbocycles. The third-order valence-corrected chi connectivity index (χ3v) is 3.62. The van der Waals surface area contributed by atoms with Crippen molar-refractivity contribution in [3.63, 3.8) is 0 Å². The number of amides is 1. The van der Waals surface area contributed by atoms with Crippen LogP contribution in [0.25, 0.3) is 0 Å². The van der Waals surface area contributed by atoms with Crippen molar-refractivity contribution in [1.29, 1.82) is 0 Å². The SMILES string of the molecule is CCC(C)N(C)CC(=O)Nc1ccc(Cl)c(C(F)(F)F)c1. The Morgan fingerprint density at radius 3 is 2.57 bits per heavy atom. The van der Waals surface area contributed by atoms with Crippen molar-refractivity contribution in [2.75, 3.05) is 18.9 Å². The third kappa shape index (κ3) is 5.21. The number of benzene rings is 1. The van der Waals surface area contributed by atoms with Crippen molar-refractivity contribution < 1.29 is 18.0 Å². The number of alkyl halides is 3. The summed E-state index contributed by atoms with van der Waals surface area (Å²) in [5.74, 6) is -0.367. The number of carbonyl (C=O) groups excluding carboxylic acids is 1. The average molecular weight is 323 g/mol. The van der Waals surface area contributed by atoms with Gasteiger partial charge < -0.3 is 5.32 Å². The molecule has 1 unspecified atom stereocenters. The minimum Gasteiger partial charge on any atom is -0.325 e. The van der Waals surface area contributed by atoms with Crippen LogP contribution in [0.4, 0.5) is 18.9 Å². The Kier molecular flexibility index (Phi) is 6.04. The molecule has 118 valence electrons. The van der Waals surface area contributed by atoms with Crippen LogP contribution in [0, 0.1) is 0 Å². The van der Waals surface area contributed by atoms with Crippen LogP contribution >= 0.6 is 11.6 Å². The van der Waals surface area contributed by atoms with Gasteiger partial charge in [-0.05, 0) is 38.6 Å². The average Bonchev–Trinajstić information content (AvgIpc) is 2.38. The van der Waals surface area contributed by atoms with Gasteiger partial charge in [0, 0.05) is 11.7 Å². The maximum absolute atomic E-state index is 12.7. The number of nitrogens with one attached hydrogen (secondary N) is 1. The van der Waals surface area contributed by atoms with E-state index in [1.54, 1.807) is 7.05 Å². The predicted octanol–water partition coefficient (Wildman–Crippen LogP) is 4.03. The van der Waals surface area contributed by atoms with Crippen molar-refractivity contribution in [2.24, 2.45) is 0 Å². The summed E-state index contributed by atoms with van der Waals surface area (Å²) in [5.41, 5.74) is -0.883. The molecule has 0 aliphatic heterocycles. The van der Waals surface area contributed by atoms with E-state index in [4.69, 9.17) is 11.6 Å². The fraction of sp³-hybridized carbons (Fsp3) is 0.500. The molecule has 0 aromatic heterocycles. The fourth-order valence-corrected chi connectivity index (χ4v) is 1.94. The maximum Gasteiger partial charge on any atom is 0.417 e. The van der Waals surface area contributed by atoms with E-state index in [1.165, 1.54) is 6.07 Å². The Hall–Kier alpha value is -1.27. The molecule has 1 aromatic carbocycles. The summed E-state index contributed by atoms with van der Waals surface area (Å²) in [6, 6.07) is 3.52. The number of carbonyl (C=O) groups is 1. The van der Waals surface area contributed by atoms with E-state index in [0.717, 1.165) is 18.6 Å². The van der Waals surface area contributed by atoms with E-state index in [1.807, 2.05) is 18.7 Å². The zero-order valence-electron chi connectivity index (χ0n) is 12.1. The van der Waals surface area contributed by atoms with Crippen molar-refractivity contribution in [1.82, 2.24) is 4.90 Å².